The van der Waals surface area contributed by atoms with Crippen molar-refractivity contribution >= 4 is 147 Å². The second kappa shape index (κ2) is 14.5. The van der Waals surface area contributed by atoms with E-state index in [0.29, 0.717) is 0 Å². The Kier molecular flexibility index (Phi) is 7.86. The SMILES string of the molecule is Cc1ccc2c(c1)B1c3cc(C)ccc3N3c4cc(-c5c(C)cccc5C)cc5c4B(c4cc6c(c1c43)N2c1cc(-c2c(C)cccc2C)cc2c1B6c1cccc3c4ccccc4n-2c13)c1cccc2c3ccccc3n-5c12. The summed E-state index contributed by atoms with van der Waals surface area (Å²) in [5.41, 5.74) is 40.8. The predicted molar refractivity (Wildman–Crippen MR) is 338 cm³/mol. The molecule has 0 saturated carbocycles. The third-order valence-corrected chi connectivity index (χ3v) is 19.6. The summed E-state index contributed by atoms with van der Waals surface area (Å²) in [6, 6.07) is 73.8. The van der Waals surface area contributed by atoms with Crippen LogP contribution in [0.2, 0.25) is 0 Å². The Labute approximate surface area is 460 Å². The van der Waals surface area contributed by atoms with E-state index in [9.17, 15) is 0 Å². The van der Waals surface area contributed by atoms with Gasteiger partial charge in [0.05, 0.1) is 11.0 Å². The minimum absolute atomic E-state index is 0.0108. The molecule has 11 aromatic carbocycles. The van der Waals surface area contributed by atoms with E-state index in [1.54, 1.807) is 0 Å². The summed E-state index contributed by atoms with van der Waals surface area (Å²) in [7, 11) is 0. The molecule has 0 radical (unpaired) electrons. The van der Waals surface area contributed by atoms with E-state index >= 15 is 0 Å². The first kappa shape index (κ1) is 42.9. The van der Waals surface area contributed by atoms with Crippen LogP contribution in [0.3, 0.4) is 0 Å². The van der Waals surface area contributed by atoms with E-state index < -0.39 is 0 Å². The zero-order valence-electron chi connectivity index (χ0n) is 44.9. The molecule has 79 heavy (non-hydrogen) atoms. The van der Waals surface area contributed by atoms with Crippen molar-refractivity contribution in [3.63, 3.8) is 0 Å². The largest absolute Gasteiger partial charge is 0.312 e. The van der Waals surface area contributed by atoms with Gasteiger partial charge < -0.3 is 18.9 Å². The molecule has 0 spiro atoms. The van der Waals surface area contributed by atoms with Gasteiger partial charge in [0.2, 0.25) is 0 Å². The molecule has 0 saturated heterocycles. The highest BCUT2D eigenvalue weighted by molar-refractivity contribution is 7.07. The molecular weight excluding hydrogens is 953 g/mol. The van der Waals surface area contributed by atoms with E-state index in [0.717, 1.165) is 0 Å². The van der Waals surface area contributed by atoms with Crippen LogP contribution >= 0.6 is 0 Å². The average molecular weight is 1000 g/mol. The van der Waals surface area contributed by atoms with Crippen molar-refractivity contribution in [1.82, 2.24) is 9.13 Å². The lowest BCUT2D eigenvalue weighted by Gasteiger charge is -2.52. The minimum atomic E-state index is -0.0385. The van der Waals surface area contributed by atoms with E-state index in [2.05, 4.69) is 249 Å². The van der Waals surface area contributed by atoms with E-state index in [4.69, 9.17) is 0 Å². The third-order valence-electron chi connectivity index (χ3n) is 19.6. The first-order chi connectivity index (χ1) is 38.7. The number of nitrogens with zero attached hydrogens (tertiary/aromatic N) is 4. The first-order valence-electron chi connectivity index (χ1n) is 28.3. The van der Waals surface area contributed by atoms with Crippen LogP contribution in [0, 0.1) is 41.5 Å². The van der Waals surface area contributed by atoms with E-state index in [-0.39, 0.29) is 20.1 Å². The van der Waals surface area contributed by atoms with Gasteiger partial charge in [-0.1, -0.05) is 151 Å². The molecule has 4 nitrogen and oxygen atoms in total. The highest BCUT2D eigenvalue weighted by atomic mass is 15.2. The molecule has 0 fully saturated rings. The van der Waals surface area contributed by atoms with Crippen molar-refractivity contribution in [2.45, 2.75) is 41.5 Å². The quantitative estimate of drug-likeness (QED) is 0.161. The molecule has 6 aliphatic rings. The Morgan fingerprint density at radius 1 is 0.291 bits per heavy atom. The highest BCUT2D eigenvalue weighted by Crippen LogP contribution is 2.50. The van der Waals surface area contributed by atoms with Crippen molar-refractivity contribution in [3.8, 4) is 33.6 Å². The highest BCUT2D eigenvalue weighted by Gasteiger charge is 2.54. The summed E-state index contributed by atoms with van der Waals surface area (Å²) < 4.78 is 5.28. The molecule has 0 bridgehead atoms. The van der Waals surface area contributed by atoms with Gasteiger partial charge in [0.15, 0.2) is 0 Å². The van der Waals surface area contributed by atoms with Crippen molar-refractivity contribution in [2.24, 2.45) is 0 Å². The number of aryl methyl sites for hydroxylation is 6. The molecule has 0 amide bonds. The number of anilines is 6. The Bertz CT molecular complexity index is 4740. The van der Waals surface area contributed by atoms with Crippen LogP contribution in [0.1, 0.15) is 33.4 Å². The molecule has 7 heteroatoms. The molecule has 366 valence electrons. The summed E-state index contributed by atoms with van der Waals surface area (Å²) in [4.78, 5) is 5.51. The number of fused-ring (bicyclic) bond motifs is 20. The molecule has 0 atom stereocenters. The van der Waals surface area contributed by atoms with E-state index in [1.807, 2.05) is 0 Å². The maximum Gasteiger partial charge on any atom is 0.252 e. The second-order valence-corrected chi connectivity index (χ2v) is 23.8. The summed E-state index contributed by atoms with van der Waals surface area (Å²) in [6.07, 6.45) is 0. The minimum Gasteiger partial charge on any atom is -0.312 e. The Morgan fingerprint density at radius 3 is 1.14 bits per heavy atom. The molecule has 0 N–H and O–H groups in total. The molecule has 0 aliphatic carbocycles. The molecule has 0 unspecified atom stereocenters. The van der Waals surface area contributed by atoms with Crippen LogP contribution in [0.4, 0.5) is 34.1 Å². The van der Waals surface area contributed by atoms with Crippen LogP contribution in [-0.2, 0) is 0 Å². The van der Waals surface area contributed by atoms with Gasteiger partial charge in [0.25, 0.3) is 20.1 Å². The first-order valence-corrected chi connectivity index (χ1v) is 28.3. The number of aromatic nitrogens is 2. The van der Waals surface area contributed by atoms with Gasteiger partial charge in [-0.25, -0.2) is 0 Å². The summed E-state index contributed by atoms with van der Waals surface area (Å²) >= 11 is 0. The molecule has 8 heterocycles. The number of benzene rings is 11. The maximum atomic E-state index is 2.76. The number of para-hydroxylation sites is 4. The predicted octanol–water partition coefficient (Wildman–Crippen LogP) is 11.4. The standard InChI is InChI=1S/C72H49B3N4/c1-38-27-29-58-52(31-38)75-53-32-39(2)28-30-59(53)79-63-36-45(65-42(5)17-12-18-43(65)6)34-61-67(63)74(51-24-14-22-49-47-20-8-10-26-57(47)77(61)70(49)51)55-37-54-71(68(75)72(55)79)78(58)62-35-44(64-40(3)15-11-16-41(64)4)33-60-66(62)73(54)50-23-13-21-48-46-19-7-9-25-56(46)76(60)69(48)50/h7-37H,1-6H3. The Hall–Kier alpha value is -9.19. The maximum absolute atomic E-state index is 2.76. The lowest BCUT2D eigenvalue weighted by molar-refractivity contribution is 1.17. The van der Waals surface area contributed by atoms with Crippen molar-refractivity contribution in [2.75, 3.05) is 9.80 Å². The molecule has 19 rings (SSSR count). The second-order valence-electron chi connectivity index (χ2n) is 23.8. The van der Waals surface area contributed by atoms with Crippen LogP contribution in [-0.4, -0.2) is 29.3 Å². The normalized spacial score (nSPS) is 14.1. The Morgan fingerprint density at radius 2 is 0.684 bits per heavy atom. The average Bonchev–Trinajstić information content (AvgIpc) is 2.99. The topological polar surface area (TPSA) is 16.3 Å². The van der Waals surface area contributed by atoms with Gasteiger partial charge in [0, 0.05) is 78.1 Å². The monoisotopic (exact) mass is 1000 g/mol. The van der Waals surface area contributed by atoms with Gasteiger partial charge in [-0.2, -0.15) is 0 Å². The number of rotatable bonds is 2. The van der Waals surface area contributed by atoms with Crippen molar-refractivity contribution in [1.29, 1.82) is 0 Å². The summed E-state index contributed by atoms with van der Waals surface area (Å²) in [5, 5.41) is 5.22. The van der Waals surface area contributed by atoms with E-state index in [1.165, 1.54) is 194 Å². The smallest absolute Gasteiger partial charge is 0.252 e. The Balaban J connectivity index is 1.03. The fourth-order valence-corrected chi connectivity index (χ4v) is 16.8. The van der Waals surface area contributed by atoms with Crippen LogP contribution in [0.25, 0.3) is 77.2 Å². The lowest BCUT2D eigenvalue weighted by Crippen LogP contribution is -2.72. The zero-order chi connectivity index (χ0) is 52.2. The van der Waals surface area contributed by atoms with Crippen LogP contribution < -0.4 is 59.0 Å². The molecular formula is C72H49B3N4. The van der Waals surface area contributed by atoms with Crippen LogP contribution in [0.5, 0.6) is 0 Å². The fraction of sp³-hybridized carbons (Fsp3) is 0.0833. The molecule has 13 aromatic rings. The third kappa shape index (κ3) is 5.04. The van der Waals surface area contributed by atoms with Gasteiger partial charge in [-0.15, -0.1) is 0 Å². The summed E-state index contributed by atoms with van der Waals surface area (Å²) in [6.45, 7) is 13.7. The number of hydrogen-bond acceptors (Lipinski definition) is 2. The van der Waals surface area contributed by atoms with Crippen LogP contribution in [0.15, 0.2) is 188 Å². The van der Waals surface area contributed by atoms with Gasteiger partial charge in [0.1, 0.15) is 0 Å². The van der Waals surface area contributed by atoms with Crippen molar-refractivity contribution in [3.05, 3.63) is 221 Å². The molecule has 6 aliphatic heterocycles. The van der Waals surface area contributed by atoms with Gasteiger partial charge in [-0.3, -0.25) is 0 Å². The zero-order valence-corrected chi connectivity index (χ0v) is 44.9. The van der Waals surface area contributed by atoms with Gasteiger partial charge in [-0.05, 0) is 184 Å². The fourth-order valence-electron chi connectivity index (χ4n) is 16.8. The lowest BCUT2D eigenvalue weighted by atomic mass is 9.26. The van der Waals surface area contributed by atoms with Gasteiger partial charge >= 0.3 is 0 Å². The number of hydrogen-bond donors (Lipinski definition) is 0. The summed E-state index contributed by atoms with van der Waals surface area (Å²) in [5.74, 6) is 0. The van der Waals surface area contributed by atoms with Crippen molar-refractivity contribution < 1.29 is 0 Å². The molecule has 2 aromatic heterocycles.